The summed E-state index contributed by atoms with van der Waals surface area (Å²) in [7, 11) is 0. The van der Waals surface area contributed by atoms with Crippen LogP contribution in [0.5, 0.6) is 0 Å². The van der Waals surface area contributed by atoms with E-state index in [0.717, 1.165) is 10.7 Å². The minimum atomic E-state index is -0.484. The Morgan fingerprint density at radius 3 is 2.89 bits per heavy atom. The summed E-state index contributed by atoms with van der Waals surface area (Å²) in [5.41, 5.74) is 6.43. The predicted molar refractivity (Wildman–Crippen MR) is 74.3 cm³/mol. The van der Waals surface area contributed by atoms with E-state index in [2.05, 4.69) is 15.3 Å². The summed E-state index contributed by atoms with van der Waals surface area (Å²) in [6.07, 6.45) is 0.687. The fraction of sp³-hybridized carbons (Fsp3) is 0.273. The molecule has 0 aromatic carbocycles. The third kappa shape index (κ3) is 3.38. The number of anilines is 2. The number of pyridine rings is 1. The molecule has 2 aromatic heterocycles. The van der Waals surface area contributed by atoms with Crippen LogP contribution in [0.1, 0.15) is 10.7 Å². The van der Waals surface area contributed by atoms with Gasteiger partial charge < -0.3 is 11.1 Å². The number of nitrogens with zero attached hydrogens (tertiary/aromatic N) is 3. The quantitative estimate of drug-likeness (QED) is 0.640. The van der Waals surface area contributed by atoms with E-state index in [1.54, 1.807) is 11.3 Å². The molecule has 0 bridgehead atoms. The van der Waals surface area contributed by atoms with Crippen molar-refractivity contribution in [3.63, 3.8) is 0 Å². The largest absolute Gasteiger partial charge is 0.384 e. The molecular weight excluding hydrogens is 266 g/mol. The summed E-state index contributed by atoms with van der Waals surface area (Å²) in [5.74, 6) is 0.441. The van der Waals surface area contributed by atoms with Gasteiger partial charge in [-0.2, -0.15) is 0 Å². The van der Waals surface area contributed by atoms with Crippen LogP contribution in [0.25, 0.3) is 0 Å². The van der Waals surface area contributed by atoms with Crippen LogP contribution in [0, 0.1) is 17.0 Å². The van der Waals surface area contributed by atoms with Gasteiger partial charge in [0.1, 0.15) is 5.82 Å². The molecule has 0 aliphatic carbocycles. The number of thiazole rings is 1. The summed E-state index contributed by atoms with van der Waals surface area (Å²) in [6.45, 7) is 2.45. The molecule has 2 heterocycles. The maximum Gasteiger partial charge on any atom is 0.311 e. The molecule has 0 atom stereocenters. The molecule has 3 N–H and O–H groups in total. The van der Waals surface area contributed by atoms with Crippen LogP contribution in [-0.2, 0) is 6.42 Å². The highest BCUT2D eigenvalue weighted by Gasteiger charge is 2.15. The van der Waals surface area contributed by atoms with E-state index < -0.39 is 4.92 Å². The topological polar surface area (TPSA) is 107 Å². The Labute approximate surface area is 113 Å². The lowest BCUT2D eigenvalue weighted by Gasteiger charge is -2.05. The van der Waals surface area contributed by atoms with E-state index in [0.29, 0.717) is 13.0 Å². The number of aryl methyl sites for hydroxylation is 1. The Bertz CT molecular complexity index is 599. The van der Waals surface area contributed by atoms with E-state index in [4.69, 9.17) is 5.73 Å². The molecule has 0 radical (unpaired) electrons. The zero-order valence-corrected chi connectivity index (χ0v) is 11.1. The van der Waals surface area contributed by atoms with Gasteiger partial charge in [-0.3, -0.25) is 10.1 Å². The second-order valence-corrected chi connectivity index (χ2v) is 4.86. The Balaban J connectivity index is 2.02. The molecular formula is C11H13N5O2S. The van der Waals surface area contributed by atoms with Crippen molar-refractivity contribution in [2.24, 2.45) is 0 Å². The molecule has 0 saturated heterocycles. The number of nitrogen functional groups attached to an aromatic ring is 1. The minimum absolute atomic E-state index is 0.0791. The molecule has 0 saturated carbocycles. The van der Waals surface area contributed by atoms with E-state index in [9.17, 15) is 10.1 Å². The van der Waals surface area contributed by atoms with Gasteiger partial charge in [0.25, 0.3) is 0 Å². The minimum Gasteiger partial charge on any atom is -0.384 e. The third-order valence-electron chi connectivity index (χ3n) is 2.39. The number of nitrogens with one attached hydrogen (secondary N) is 1. The SMILES string of the molecule is Cc1csc(CCNc2nc(N)ccc2[N+](=O)[O-])n1. The lowest BCUT2D eigenvalue weighted by atomic mass is 10.3. The highest BCUT2D eigenvalue weighted by Crippen LogP contribution is 2.22. The van der Waals surface area contributed by atoms with Crippen LogP contribution in [-0.4, -0.2) is 21.4 Å². The van der Waals surface area contributed by atoms with Gasteiger partial charge in [-0.25, -0.2) is 9.97 Å². The van der Waals surface area contributed by atoms with E-state index in [1.165, 1.54) is 12.1 Å². The lowest BCUT2D eigenvalue weighted by molar-refractivity contribution is -0.384. The summed E-state index contributed by atoms with van der Waals surface area (Å²) in [5, 5.41) is 16.7. The molecule has 0 spiro atoms. The fourth-order valence-electron chi connectivity index (χ4n) is 1.55. The standard InChI is InChI=1S/C11H13N5O2S/c1-7-6-19-10(14-7)4-5-13-11-8(16(17)18)2-3-9(12)15-11/h2-3,6H,4-5H2,1H3,(H3,12,13,15). The molecule has 0 unspecified atom stereocenters. The van der Waals surface area contributed by atoms with Crippen LogP contribution in [0.2, 0.25) is 0 Å². The zero-order valence-electron chi connectivity index (χ0n) is 10.3. The summed E-state index contributed by atoms with van der Waals surface area (Å²) in [4.78, 5) is 18.6. The van der Waals surface area contributed by atoms with Crippen LogP contribution in [0.4, 0.5) is 17.3 Å². The van der Waals surface area contributed by atoms with Crippen molar-refractivity contribution in [2.75, 3.05) is 17.6 Å². The number of nitro groups is 1. The first-order valence-electron chi connectivity index (χ1n) is 5.62. The first-order valence-corrected chi connectivity index (χ1v) is 6.50. The van der Waals surface area contributed by atoms with Crippen molar-refractivity contribution in [3.05, 3.63) is 38.3 Å². The van der Waals surface area contributed by atoms with Crippen molar-refractivity contribution >= 4 is 28.7 Å². The number of aromatic nitrogens is 2. The van der Waals surface area contributed by atoms with Crippen molar-refractivity contribution in [3.8, 4) is 0 Å². The van der Waals surface area contributed by atoms with E-state index in [1.807, 2.05) is 12.3 Å². The van der Waals surface area contributed by atoms with Gasteiger partial charge in [0, 0.05) is 30.1 Å². The van der Waals surface area contributed by atoms with Gasteiger partial charge in [-0.15, -0.1) is 11.3 Å². The molecule has 0 amide bonds. The van der Waals surface area contributed by atoms with E-state index in [-0.39, 0.29) is 17.3 Å². The molecule has 19 heavy (non-hydrogen) atoms. The predicted octanol–water partition coefficient (Wildman–Crippen LogP) is 1.99. The van der Waals surface area contributed by atoms with Crippen molar-refractivity contribution < 1.29 is 4.92 Å². The number of hydrogen-bond donors (Lipinski definition) is 2. The molecule has 8 heteroatoms. The smallest absolute Gasteiger partial charge is 0.311 e. The second-order valence-electron chi connectivity index (χ2n) is 3.92. The Kier molecular flexibility index (Phi) is 3.91. The normalized spacial score (nSPS) is 10.4. The lowest BCUT2D eigenvalue weighted by Crippen LogP contribution is -2.09. The average Bonchev–Trinajstić information content (AvgIpc) is 2.75. The van der Waals surface area contributed by atoms with Crippen LogP contribution >= 0.6 is 11.3 Å². The van der Waals surface area contributed by atoms with E-state index >= 15 is 0 Å². The fourth-order valence-corrected chi connectivity index (χ4v) is 2.33. The first-order chi connectivity index (χ1) is 9.06. The third-order valence-corrected chi connectivity index (χ3v) is 3.42. The molecule has 2 rings (SSSR count). The molecule has 0 fully saturated rings. The van der Waals surface area contributed by atoms with Crippen molar-refractivity contribution in [2.45, 2.75) is 13.3 Å². The molecule has 7 nitrogen and oxygen atoms in total. The summed E-state index contributed by atoms with van der Waals surface area (Å²) < 4.78 is 0. The second kappa shape index (κ2) is 5.61. The van der Waals surface area contributed by atoms with Crippen molar-refractivity contribution in [1.29, 1.82) is 0 Å². The Hall–Kier alpha value is -2.22. The maximum absolute atomic E-state index is 10.8. The van der Waals surface area contributed by atoms with Crippen LogP contribution in [0.15, 0.2) is 17.5 Å². The van der Waals surface area contributed by atoms with Gasteiger partial charge in [0.15, 0.2) is 0 Å². The number of rotatable bonds is 5. The van der Waals surface area contributed by atoms with Gasteiger partial charge in [0.2, 0.25) is 5.82 Å². The number of nitrogens with two attached hydrogens (primary N) is 1. The molecule has 2 aromatic rings. The van der Waals surface area contributed by atoms with Crippen molar-refractivity contribution in [1.82, 2.24) is 9.97 Å². The Morgan fingerprint density at radius 1 is 1.47 bits per heavy atom. The zero-order chi connectivity index (χ0) is 13.8. The van der Waals surface area contributed by atoms with Crippen LogP contribution < -0.4 is 11.1 Å². The number of hydrogen-bond acceptors (Lipinski definition) is 7. The average molecular weight is 279 g/mol. The summed E-state index contributed by atoms with van der Waals surface area (Å²) >= 11 is 1.57. The highest BCUT2D eigenvalue weighted by atomic mass is 32.1. The Morgan fingerprint density at radius 2 is 2.26 bits per heavy atom. The van der Waals surface area contributed by atoms with Gasteiger partial charge in [0.05, 0.1) is 9.93 Å². The molecule has 0 aliphatic heterocycles. The summed E-state index contributed by atoms with van der Waals surface area (Å²) in [6, 6.07) is 2.76. The van der Waals surface area contributed by atoms with Gasteiger partial charge >= 0.3 is 5.69 Å². The highest BCUT2D eigenvalue weighted by molar-refractivity contribution is 7.09. The van der Waals surface area contributed by atoms with Gasteiger partial charge in [-0.1, -0.05) is 0 Å². The maximum atomic E-state index is 10.8. The molecule has 100 valence electrons. The molecule has 0 aliphatic rings. The van der Waals surface area contributed by atoms with Gasteiger partial charge in [-0.05, 0) is 13.0 Å². The first kappa shape index (κ1) is 13.2. The monoisotopic (exact) mass is 279 g/mol. The van der Waals surface area contributed by atoms with Crippen LogP contribution in [0.3, 0.4) is 0 Å².